The van der Waals surface area contributed by atoms with E-state index in [1.54, 1.807) is 20.5 Å². The average molecular weight is 474 g/mol. The summed E-state index contributed by atoms with van der Waals surface area (Å²) in [6.07, 6.45) is 2.60. The lowest BCUT2D eigenvalue weighted by Crippen LogP contribution is -2.38. The third-order valence-electron chi connectivity index (χ3n) is 3.48. The van der Waals surface area contributed by atoms with Crippen LogP contribution in [0.1, 0.15) is 12.2 Å². The Hall–Kier alpha value is -1.72. The van der Waals surface area contributed by atoms with Crippen molar-refractivity contribution >= 4 is 29.9 Å². The van der Waals surface area contributed by atoms with E-state index in [-0.39, 0.29) is 24.0 Å². The van der Waals surface area contributed by atoms with E-state index in [0.29, 0.717) is 26.4 Å². The summed E-state index contributed by atoms with van der Waals surface area (Å²) in [5, 5.41) is 14.7. The van der Waals surface area contributed by atoms with Gasteiger partial charge in [0.1, 0.15) is 6.33 Å². The molecule has 0 spiro atoms. The molecule has 0 fully saturated rings. The molecule has 0 unspecified atom stereocenters. The second-order valence-corrected chi connectivity index (χ2v) is 5.26. The van der Waals surface area contributed by atoms with Gasteiger partial charge >= 0.3 is 0 Å². The predicted molar refractivity (Wildman–Crippen MR) is 112 cm³/mol. The number of halogens is 1. The van der Waals surface area contributed by atoms with Gasteiger partial charge in [-0.3, -0.25) is 9.56 Å². The fraction of sp³-hybridized carbons (Fsp3) is 0.471. The Morgan fingerprint density at radius 3 is 2.69 bits per heavy atom. The van der Waals surface area contributed by atoms with E-state index >= 15 is 0 Å². The third kappa shape index (κ3) is 7.67. The van der Waals surface area contributed by atoms with Crippen LogP contribution in [0.2, 0.25) is 0 Å². The number of hydrogen-bond donors (Lipinski definition) is 2. The number of benzene rings is 1. The van der Waals surface area contributed by atoms with Crippen molar-refractivity contribution in [1.29, 1.82) is 0 Å². The molecule has 0 bridgehead atoms. The number of nitrogens with zero attached hydrogens (tertiary/aromatic N) is 4. The molecule has 0 aliphatic carbocycles. The van der Waals surface area contributed by atoms with Crippen LogP contribution >= 0.6 is 24.0 Å². The molecule has 2 aromatic rings. The highest BCUT2D eigenvalue weighted by Gasteiger charge is 2.07. The van der Waals surface area contributed by atoms with Crippen molar-refractivity contribution in [3.8, 4) is 5.69 Å². The molecular formula is C17H27IN6O2. The number of guanidine groups is 1. The summed E-state index contributed by atoms with van der Waals surface area (Å²) in [6, 6.07) is 9.99. The normalized spacial score (nSPS) is 11.1. The number of ether oxygens (including phenoxy) is 2. The largest absolute Gasteiger partial charge is 0.382 e. The van der Waals surface area contributed by atoms with Crippen LogP contribution in [0.25, 0.3) is 5.69 Å². The zero-order valence-electron chi connectivity index (χ0n) is 15.2. The molecule has 26 heavy (non-hydrogen) atoms. The molecule has 2 rings (SSSR count). The average Bonchev–Trinajstić information content (AvgIpc) is 3.13. The summed E-state index contributed by atoms with van der Waals surface area (Å²) in [4.78, 5) is 4.21. The Morgan fingerprint density at radius 2 is 1.96 bits per heavy atom. The monoisotopic (exact) mass is 474 g/mol. The highest BCUT2D eigenvalue weighted by Crippen LogP contribution is 2.08. The molecule has 0 atom stereocenters. The first-order chi connectivity index (χ1) is 12.3. The lowest BCUT2D eigenvalue weighted by atomic mass is 10.3. The fourth-order valence-electron chi connectivity index (χ4n) is 2.19. The summed E-state index contributed by atoms with van der Waals surface area (Å²) >= 11 is 0. The third-order valence-corrected chi connectivity index (χ3v) is 3.48. The van der Waals surface area contributed by atoms with E-state index in [9.17, 15) is 0 Å². The van der Waals surface area contributed by atoms with E-state index in [4.69, 9.17) is 9.47 Å². The molecule has 0 amide bonds. The molecule has 0 aliphatic rings. The SMILES string of the molecule is CN=C(NCCCOCCOC)NCc1nncn1-c1ccccc1.I. The Bertz CT molecular complexity index is 635. The van der Waals surface area contributed by atoms with Gasteiger partial charge in [-0.1, -0.05) is 18.2 Å². The van der Waals surface area contributed by atoms with E-state index in [1.165, 1.54) is 0 Å². The van der Waals surface area contributed by atoms with Crippen LogP contribution in [0, 0.1) is 0 Å². The van der Waals surface area contributed by atoms with E-state index in [1.807, 2.05) is 34.9 Å². The Morgan fingerprint density at radius 1 is 1.15 bits per heavy atom. The number of hydrogen-bond acceptors (Lipinski definition) is 5. The van der Waals surface area contributed by atoms with Crippen LogP contribution in [-0.4, -0.2) is 61.2 Å². The minimum atomic E-state index is 0. The van der Waals surface area contributed by atoms with Crippen LogP contribution in [0.4, 0.5) is 0 Å². The highest BCUT2D eigenvalue weighted by atomic mass is 127. The molecular weight excluding hydrogens is 447 g/mol. The molecule has 0 saturated carbocycles. The molecule has 2 N–H and O–H groups in total. The van der Waals surface area contributed by atoms with E-state index < -0.39 is 0 Å². The first-order valence-corrected chi connectivity index (χ1v) is 8.30. The summed E-state index contributed by atoms with van der Waals surface area (Å²) in [5.41, 5.74) is 1.03. The molecule has 1 heterocycles. The summed E-state index contributed by atoms with van der Waals surface area (Å²) in [6.45, 7) is 3.24. The van der Waals surface area contributed by atoms with Gasteiger partial charge < -0.3 is 20.1 Å². The highest BCUT2D eigenvalue weighted by molar-refractivity contribution is 14.0. The number of aromatic nitrogens is 3. The first kappa shape index (κ1) is 22.3. The molecule has 9 heteroatoms. The maximum atomic E-state index is 5.43. The zero-order chi connectivity index (χ0) is 17.7. The molecule has 144 valence electrons. The quantitative estimate of drug-likeness (QED) is 0.236. The summed E-state index contributed by atoms with van der Waals surface area (Å²) in [5.74, 6) is 1.54. The molecule has 1 aromatic carbocycles. The van der Waals surface area contributed by atoms with Gasteiger partial charge in [0.2, 0.25) is 0 Å². The van der Waals surface area contributed by atoms with Gasteiger partial charge in [0.25, 0.3) is 0 Å². The number of methoxy groups -OCH3 is 1. The maximum absolute atomic E-state index is 5.43. The van der Waals surface area contributed by atoms with Crippen molar-refractivity contribution in [2.75, 3.05) is 40.5 Å². The number of nitrogens with one attached hydrogen (secondary N) is 2. The van der Waals surface area contributed by atoms with Gasteiger partial charge in [0.05, 0.1) is 19.8 Å². The topological polar surface area (TPSA) is 85.6 Å². The van der Waals surface area contributed by atoms with Crippen molar-refractivity contribution < 1.29 is 9.47 Å². The zero-order valence-corrected chi connectivity index (χ0v) is 17.6. The molecule has 1 aromatic heterocycles. The second-order valence-electron chi connectivity index (χ2n) is 5.26. The summed E-state index contributed by atoms with van der Waals surface area (Å²) in [7, 11) is 3.41. The van der Waals surface area contributed by atoms with Crippen LogP contribution in [0.15, 0.2) is 41.7 Å². The summed E-state index contributed by atoms with van der Waals surface area (Å²) < 4.78 is 12.3. The fourth-order valence-corrected chi connectivity index (χ4v) is 2.19. The maximum Gasteiger partial charge on any atom is 0.191 e. The molecule has 0 aliphatic heterocycles. The smallest absolute Gasteiger partial charge is 0.191 e. The number of para-hydroxylation sites is 1. The Balaban J connectivity index is 0.00000338. The van der Waals surface area contributed by atoms with Crippen molar-refractivity contribution in [3.63, 3.8) is 0 Å². The van der Waals surface area contributed by atoms with Gasteiger partial charge in [-0.2, -0.15) is 0 Å². The lowest BCUT2D eigenvalue weighted by Gasteiger charge is -2.12. The number of aliphatic imine (C=N–C) groups is 1. The van der Waals surface area contributed by atoms with Gasteiger partial charge in [0.15, 0.2) is 11.8 Å². The minimum absolute atomic E-state index is 0. The molecule has 8 nitrogen and oxygen atoms in total. The van der Waals surface area contributed by atoms with Crippen LogP contribution in [0.5, 0.6) is 0 Å². The van der Waals surface area contributed by atoms with E-state index in [2.05, 4.69) is 25.8 Å². The van der Waals surface area contributed by atoms with Gasteiger partial charge in [-0.05, 0) is 18.6 Å². The lowest BCUT2D eigenvalue weighted by molar-refractivity contribution is 0.0698. The molecule has 0 saturated heterocycles. The van der Waals surface area contributed by atoms with E-state index in [0.717, 1.165) is 30.4 Å². The predicted octanol–water partition coefficient (Wildman–Crippen LogP) is 1.60. The second kappa shape index (κ2) is 13.5. The van der Waals surface area contributed by atoms with Crippen molar-refractivity contribution in [2.45, 2.75) is 13.0 Å². The minimum Gasteiger partial charge on any atom is -0.382 e. The van der Waals surface area contributed by atoms with Gasteiger partial charge in [0, 0.05) is 33.0 Å². The van der Waals surface area contributed by atoms with Crippen LogP contribution < -0.4 is 10.6 Å². The van der Waals surface area contributed by atoms with Crippen molar-refractivity contribution in [3.05, 3.63) is 42.5 Å². The van der Waals surface area contributed by atoms with Gasteiger partial charge in [-0.15, -0.1) is 34.2 Å². The first-order valence-electron chi connectivity index (χ1n) is 8.30. The van der Waals surface area contributed by atoms with Crippen LogP contribution in [0.3, 0.4) is 0 Å². The number of rotatable bonds is 10. The Kier molecular flexibility index (Phi) is 11.6. The van der Waals surface area contributed by atoms with Crippen LogP contribution in [-0.2, 0) is 16.0 Å². The van der Waals surface area contributed by atoms with Crippen molar-refractivity contribution in [1.82, 2.24) is 25.4 Å². The standard InChI is InChI=1S/C17H26N6O2.HI/c1-18-17(19-9-6-10-25-12-11-24-2)20-13-16-22-21-14-23(16)15-7-4-3-5-8-15;/h3-5,7-8,14H,6,9-13H2,1-2H3,(H2,18,19,20);1H. The van der Waals surface area contributed by atoms with Gasteiger partial charge in [-0.25, -0.2) is 0 Å². The molecule has 0 radical (unpaired) electrons. The Labute approximate surface area is 171 Å². The van der Waals surface area contributed by atoms with Crippen molar-refractivity contribution in [2.24, 2.45) is 4.99 Å².